The second-order valence-electron chi connectivity index (χ2n) is 4.88. The number of hydrogen-bond acceptors (Lipinski definition) is 2. The first-order valence-electron chi connectivity index (χ1n) is 6.64. The van der Waals surface area contributed by atoms with Crippen LogP contribution in [0.15, 0.2) is 48.8 Å². The van der Waals surface area contributed by atoms with Crippen molar-refractivity contribution in [1.82, 2.24) is 9.88 Å². The van der Waals surface area contributed by atoms with Crippen molar-refractivity contribution in [3.8, 4) is 11.1 Å². The molecular formula is C16H18N2. The molecule has 2 heteroatoms. The maximum absolute atomic E-state index is 4.22. The fourth-order valence-corrected chi connectivity index (χ4v) is 2.64. The summed E-state index contributed by atoms with van der Waals surface area (Å²) >= 11 is 0. The molecule has 0 saturated carbocycles. The van der Waals surface area contributed by atoms with E-state index in [4.69, 9.17) is 0 Å². The summed E-state index contributed by atoms with van der Waals surface area (Å²) in [6, 6.07) is 12.8. The van der Waals surface area contributed by atoms with Crippen LogP contribution in [0.1, 0.15) is 18.4 Å². The molecule has 1 aliphatic heterocycles. The van der Waals surface area contributed by atoms with E-state index >= 15 is 0 Å². The van der Waals surface area contributed by atoms with Crippen molar-refractivity contribution in [2.45, 2.75) is 19.4 Å². The largest absolute Gasteiger partial charge is 0.299 e. The molecule has 0 spiro atoms. The van der Waals surface area contributed by atoms with Gasteiger partial charge in [-0.15, -0.1) is 0 Å². The first-order valence-corrected chi connectivity index (χ1v) is 6.64. The number of pyridine rings is 1. The van der Waals surface area contributed by atoms with Gasteiger partial charge in [-0.1, -0.05) is 30.3 Å². The standard InChI is InChI=1S/C16H18N2/c1-2-8-16(14-7-5-9-17-12-14)15(6-1)13-18-10-3-4-11-18/h1-2,5-9,12H,3-4,10-11,13H2. The third kappa shape index (κ3) is 2.44. The van der Waals surface area contributed by atoms with Crippen molar-refractivity contribution in [3.63, 3.8) is 0 Å². The fraction of sp³-hybridized carbons (Fsp3) is 0.312. The number of aromatic nitrogens is 1. The number of rotatable bonds is 3. The highest BCUT2D eigenvalue weighted by Crippen LogP contribution is 2.24. The van der Waals surface area contributed by atoms with Crippen LogP contribution in [0, 0.1) is 0 Å². The summed E-state index contributed by atoms with van der Waals surface area (Å²) in [5.41, 5.74) is 3.94. The van der Waals surface area contributed by atoms with Crippen molar-refractivity contribution in [3.05, 3.63) is 54.4 Å². The van der Waals surface area contributed by atoms with Crippen LogP contribution >= 0.6 is 0 Å². The first-order chi connectivity index (χ1) is 8.93. The van der Waals surface area contributed by atoms with Gasteiger partial charge in [-0.2, -0.15) is 0 Å². The molecule has 1 aromatic carbocycles. The van der Waals surface area contributed by atoms with Crippen LogP contribution in [0.2, 0.25) is 0 Å². The van der Waals surface area contributed by atoms with E-state index in [-0.39, 0.29) is 0 Å². The Morgan fingerprint density at radius 3 is 2.61 bits per heavy atom. The lowest BCUT2D eigenvalue weighted by Crippen LogP contribution is -2.18. The third-order valence-electron chi connectivity index (χ3n) is 3.58. The molecule has 0 N–H and O–H groups in total. The van der Waals surface area contributed by atoms with E-state index in [1.54, 1.807) is 0 Å². The highest BCUT2D eigenvalue weighted by molar-refractivity contribution is 5.66. The normalized spacial score (nSPS) is 16.0. The first kappa shape index (κ1) is 11.4. The molecule has 1 aliphatic rings. The summed E-state index contributed by atoms with van der Waals surface area (Å²) in [4.78, 5) is 6.76. The van der Waals surface area contributed by atoms with E-state index in [9.17, 15) is 0 Å². The molecule has 0 unspecified atom stereocenters. The van der Waals surface area contributed by atoms with E-state index < -0.39 is 0 Å². The molecule has 0 bridgehead atoms. The Hall–Kier alpha value is -1.67. The third-order valence-corrected chi connectivity index (χ3v) is 3.58. The lowest BCUT2D eigenvalue weighted by molar-refractivity contribution is 0.332. The van der Waals surface area contributed by atoms with Crippen molar-refractivity contribution in [1.29, 1.82) is 0 Å². The monoisotopic (exact) mass is 238 g/mol. The summed E-state index contributed by atoms with van der Waals surface area (Å²) in [5, 5.41) is 0. The van der Waals surface area contributed by atoms with Gasteiger partial charge >= 0.3 is 0 Å². The van der Waals surface area contributed by atoms with E-state index in [0.29, 0.717) is 0 Å². The lowest BCUT2D eigenvalue weighted by atomic mass is 10.0. The molecule has 2 nitrogen and oxygen atoms in total. The van der Waals surface area contributed by atoms with Crippen molar-refractivity contribution in [2.24, 2.45) is 0 Å². The van der Waals surface area contributed by atoms with Crippen molar-refractivity contribution in [2.75, 3.05) is 13.1 Å². The van der Waals surface area contributed by atoms with Crippen LogP contribution in [-0.4, -0.2) is 23.0 Å². The SMILES string of the molecule is c1cncc(-c2ccccc2CN2CCCC2)c1. The zero-order valence-corrected chi connectivity index (χ0v) is 10.5. The lowest BCUT2D eigenvalue weighted by Gasteiger charge is -2.17. The summed E-state index contributed by atoms with van der Waals surface area (Å²) in [6.45, 7) is 3.54. The van der Waals surface area contributed by atoms with Gasteiger partial charge in [0.1, 0.15) is 0 Å². The van der Waals surface area contributed by atoms with Gasteiger partial charge < -0.3 is 0 Å². The predicted octanol–water partition coefficient (Wildman–Crippen LogP) is 3.34. The van der Waals surface area contributed by atoms with Gasteiger partial charge in [-0.05, 0) is 43.1 Å². The van der Waals surface area contributed by atoms with Crippen LogP contribution in [0.5, 0.6) is 0 Å². The highest BCUT2D eigenvalue weighted by atomic mass is 15.1. The quantitative estimate of drug-likeness (QED) is 0.815. The Labute approximate surface area is 108 Å². The summed E-state index contributed by atoms with van der Waals surface area (Å²) in [5.74, 6) is 0. The molecule has 1 aromatic heterocycles. The van der Waals surface area contributed by atoms with E-state index in [2.05, 4.69) is 40.2 Å². The highest BCUT2D eigenvalue weighted by Gasteiger charge is 2.13. The smallest absolute Gasteiger partial charge is 0.0346 e. The minimum absolute atomic E-state index is 1.06. The van der Waals surface area contributed by atoms with Crippen LogP contribution in [-0.2, 0) is 6.54 Å². The molecular weight excluding hydrogens is 220 g/mol. The van der Waals surface area contributed by atoms with Crippen LogP contribution in [0.3, 0.4) is 0 Å². The Bertz CT molecular complexity index is 502. The van der Waals surface area contributed by atoms with Gasteiger partial charge in [0.25, 0.3) is 0 Å². The summed E-state index contributed by atoms with van der Waals surface area (Å²) < 4.78 is 0. The number of likely N-dealkylation sites (tertiary alicyclic amines) is 1. The topological polar surface area (TPSA) is 16.1 Å². The van der Waals surface area contributed by atoms with Gasteiger partial charge in [0, 0.05) is 24.5 Å². The van der Waals surface area contributed by atoms with Crippen LogP contribution < -0.4 is 0 Å². The zero-order valence-electron chi connectivity index (χ0n) is 10.5. The minimum Gasteiger partial charge on any atom is -0.299 e. The number of nitrogens with zero attached hydrogens (tertiary/aromatic N) is 2. The maximum Gasteiger partial charge on any atom is 0.0346 e. The second-order valence-corrected chi connectivity index (χ2v) is 4.88. The molecule has 2 aromatic rings. The minimum atomic E-state index is 1.06. The second kappa shape index (κ2) is 5.32. The number of benzene rings is 1. The maximum atomic E-state index is 4.22. The molecule has 18 heavy (non-hydrogen) atoms. The Morgan fingerprint density at radius 2 is 1.83 bits per heavy atom. The Morgan fingerprint density at radius 1 is 1.00 bits per heavy atom. The average molecular weight is 238 g/mol. The molecule has 0 radical (unpaired) electrons. The van der Waals surface area contributed by atoms with Gasteiger partial charge in [0.05, 0.1) is 0 Å². The molecule has 92 valence electrons. The van der Waals surface area contributed by atoms with Crippen LogP contribution in [0.25, 0.3) is 11.1 Å². The molecule has 1 saturated heterocycles. The number of hydrogen-bond donors (Lipinski definition) is 0. The average Bonchev–Trinajstić information content (AvgIpc) is 2.93. The molecule has 2 heterocycles. The molecule has 0 atom stereocenters. The summed E-state index contributed by atoms with van der Waals surface area (Å²) in [6.07, 6.45) is 6.46. The zero-order chi connectivity index (χ0) is 12.2. The summed E-state index contributed by atoms with van der Waals surface area (Å²) in [7, 11) is 0. The van der Waals surface area contributed by atoms with Crippen LogP contribution in [0.4, 0.5) is 0 Å². The Balaban J connectivity index is 1.90. The molecule has 0 aliphatic carbocycles. The van der Waals surface area contributed by atoms with Gasteiger partial charge in [0.2, 0.25) is 0 Å². The van der Waals surface area contributed by atoms with Gasteiger partial charge in [-0.3, -0.25) is 9.88 Å². The molecule has 0 amide bonds. The molecule has 1 fully saturated rings. The molecule has 3 rings (SSSR count). The van der Waals surface area contributed by atoms with Gasteiger partial charge in [0.15, 0.2) is 0 Å². The van der Waals surface area contributed by atoms with E-state index in [1.807, 2.05) is 18.5 Å². The van der Waals surface area contributed by atoms with Crippen molar-refractivity contribution >= 4 is 0 Å². The fourth-order valence-electron chi connectivity index (χ4n) is 2.64. The van der Waals surface area contributed by atoms with Gasteiger partial charge in [-0.25, -0.2) is 0 Å². The predicted molar refractivity (Wildman–Crippen MR) is 74.2 cm³/mol. The van der Waals surface area contributed by atoms with E-state index in [0.717, 1.165) is 6.54 Å². The van der Waals surface area contributed by atoms with E-state index in [1.165, 1.54) is 42.6 Å². The Kier molecular flexibility index (Phi) is 3.37. The van der Waals surface area contributed by atoms with Crippen molar-refractivity contribution < 1.29 is 0 Å².